The number of carbonyl (C=O) groups is 1. The number of nitrogens with two attached hydrogens (primary N) is 1. The maximum atomic E-state index is 15.0. The summed E-state index contributed by atoms with van der Waals surface area (Å²) in [7, 11) is 0. The van der Waals surface area contributed by atoms with Crippen molar-refractivity contribution in [3.8, 4) is 11.3 Å². The summed E-state index contributed by atoms with van der Waals surface area (Å²) in [5.74, 6) is -0.303. The van der Waals surface area contributed by atoms with Crippen molar-refractivity contribution in [3.05, 3.63) is 47.9 Å². The Kier molecular flexibility index (Phi) is 3.65. The Hall–Kier alpha value is -3.02. The van der Waals surface area contributed by atoms with Gasteiger partial charge in [0, 0.05) is 29.5 Å². The highest BCUT2D eigenvalue weighted by Gasteiger charge is 2.16. The fourth-order valence-corrected chi connectivity index (χ4v) is 2.46. The minimum absolute atomic E-state index is 0.188. The second-order valence-electron chi connectivity index (χ2n) is 5.27. The van der Waals surface area contributed by atoms with Crippen LogP contribution in [0.2, 0.25) is 0 Å². The number of nitrogens with zero attached hydrogens (tertiary/aromatic N) is 2. The fraction of sp³-hybridized carbons (Fsp3) is 0.118. The molecule has 0 spiro atoms. The van der Waals surface area contributed by atoms with E-state index in [1.165, 1.54) is 19.2 Å². The maximum absolute atomic E-state index is 15.0. The zero-order valence-electron chi connectivity index (χ0n) is 12.7. The van der Waals surface area contributed by atoms with Gasteiger partial charge in [-0.15, -0.1) is 0 Å². The molecule has 6 heteroatoms. The topological polar surface area (TPSA) is 80.9 Å². The molecule has 0 saturated carbocycles. The second-order valence-corrected chi connectivity index (χ2v) is 5.27. The van der Waals surface area contributed by atoms with Crippen LogP contribution in [-0.2, 0) is 4.79 Å². The van der Waals surface area contributed by atoms with Crippen LogP contribution in [0.3, 0.4) is 0 Å². The molecule has 2 aromatic heterocycles. The van der Waals surface area contributed by atoms with E-state index in [2.05, 4.69) is 15.3 Å². The molecule has 0 unspecified atom stereocenters. The minimum Gasteiger partial charge on any atom is -0.383 e. The summed E-state index contributed by atoms with van der Waals surface area (Å²) in [5.41, 5.74) is 7.72. The number of benzene rings is 1. The number of rotatable bonds is 2. The van der Waals surface area contributed by atoms with E-state index in [0.717, 1.165) is 5.56 Å². The van der Waals surface area contributed by atoms with Crippen LogP contribution in [-0.4, -0.2) is 15.9 Å². The second kappa shape index (κ2) is 5.64. The Morgan fingerprint density at radius 3 is 2.70 bits per heavy atom. The number of hydrogen-bond acceptors (Lipinski definition) is 4. The Bertz CT molecular complexity index is 924. The number of nitrogens with one attached hydrogen (secondary N) is 1. The molecule has 0 aliphatic heterocycles. The van der Waals surface area contributed by atoms with E-state index in [4.69, 9.17) is 5.73 Å². The minimum atomic E-state index is -0.488. The van der Waals surface area contributed by atoms with Crippen molar-refractivity contribution >= 4 is 28.3 Å². The van der Waals surface area contributed by atoms with Gasteiger partial charge in [0.1, 0.15) is 17.3 Å². The number of nitrogen functional groups attached to an aromatic ring is 1. The van der Waals surface area contributed by atoms with Crippen LogP contribution >= 0.6 is 0 Å². The van der Waals surface area contributed by atoms with Gasteiger partial charge in [-0.25, -0.2) is 14.4 Å². The maximum Gasteiger partial charge on any atom is 0.222 e. The van der Waals surface area contributed by atoms with E-state index in [1.54, 1.807) is 6.07 Å². The lowest BCUT2D eigenvalue weighted by molar-refractivity contribution is -0.114. The largest absolute Gasteiger partial charge is 0.383 e. The van der Waals surface area contributed by atoms with E-state index in [1.807, 2.05) is 25.1 Å². The molecule has 2 heterocycles. The third-order valence-corrected chi connectivity index (χ3v) is 3.56. The average Bonchev–Trinajstić information content (AvgIpc) is 2.51. The number of amides is 1. The lowest BCUT2D eigenvalue weighted by Gasteiger charge is -2.11. The van der Waals surface area contributed by atoms with Gasteiger partial charge in [-0.1, -0.05) is 24.3 Å². The molecule has 3 aromatic rings. The van der Waals surface area contributed by atoms with Gasteiger partial charge in [0.05, 0.1) is 0 Å². The monoisotopic (exact) mass is 310 g/mol. The van der Waals surface area contributed by atoms with Gasteiger partial charge in [0.2, 0.25) is 5.91 Å². The average molecular weight is 310 g/mol. The van der Waals surface area contributed by atoms with E-state index in [9.17, 15) is 9.18 Å². The number of aryl methyl sites for hydroxylation is 1. The molecule has 5 nitrogen and oxygen atoms in total. The van der Waals surface area contributed by atoms with E-state index in [0.29, 0.717) is 10.9 Å². The molecule has 3 rings (SSSR count). The van der Waals surface area contributed by atoms with Gasteiger partial charge in [0.15, 0.2) is 5.82 Å². The van der Waals surface area contributed by atoms with Crippen molar-refractivity contribution < 1.29 is 9.18 Å². The Labute approximate surface area is 132 Å². The first-order chi connectivity index (χ1) is 11.0. The third kappa shape index (κ3) is 2.70. The number of hydrogen-bond donors (Lipinski definition) is 2. The first-order valence-corrected chi connectivity index (χ1v) is 7.05. The zero-order chi connectivity index (χ0) is 16.6. The van der Waals surface area contributed by atoms with Crippen molar-refractivity contribution in [2.75, 3.05) is 11.1 Å². The summed E-state index contributed by atoms with van der Waals surface area (Å²) in [5, 5.41) is 3.22. The summed E-state index contributed by atoms with van der Waals surface area (Å²) < 4.78 is 15.0. The quantitative estimate of drug-likeness (QED) is 0.761. The van der Waals surface area contributed by atoms with E-state index in [-0.39, 0.29) is 28.6 Å². The van der Waals surface area contributed by atoms with Gasteiger partial charge in [-0.2, -0.15) is 0 Å². The van der Waals surface area contributed by atoms with Crippen molar-refractivity contribution in [2.45, 2.75) is 13.8 Å². The van der Waals surface area contributed by atoms with Gasteiger partial charge in [0.25, 0.3) is 0 Å². The van der Waals surface area contributed by atoms with Gasteiger partial charge in [-0.3, -0.25) is 4.79 Å². The first kappa shape index (κ1) is 14.9. The lowest BCUT2D eigenvalue weighted by atomic mass is 10.0. The van der Waals surface area contributed by atoms with Gasteiger partial charge in [-0.05, 0) is 18.6 Å². The third-order valence-electron chi connectivity index (χ3n) is 3.56. The van der Waals surface area contributed by atoms with Crippen molar-refractivity contribution in [2.24, 2.45) is 0 Å². The van der Waals surface area contributed by atoms with Crippen LogP contribution in [0.15, 0.2) is 36.5 Å². The zero-order valence-corrected chi connectivity index (χ0v) is 12.7. The van der Waals surface area contributed by atoms with Crippen molar-refractivity contribution in [3.63, 3.8) is 0 Å². The molecule has 3 N–H and O–H groups in total. The summed E-state index contributed by atoms with van der Waals surface area (Å²) in [6.07, 6.45) is 1.41. The number of fused-ring (bicyclic) bond motifs is 1. The number of carbonyl (C=O) groups excluding carboxylic acids is 1. The first-order valence-electron chi connectivity index (χ1n) is 7.05. The predicted octanol–water partition coefficient (Wildman–Crippen LogP) is 3.28. The van der Waals surface area contributed by atoms with Gasteiger partial charge >= 0.3 is 0 Å². The number of anilines is 2. The Morgan fingerprint density at radius 2 is 2.00 bits per heavy atom. The number of aromatic nitrogens is 2. The molecule has 0 saturated heterocycles. The highest BCUT2D eigenvalue weighted by atomic mass is 19.1. The molecular formula is C17H15FN4O. The van der Waals surface area contributed by atoms with Crippen LogP contribution in [0.5, 0.6) is 0 Å². The molecule has 116 valence electrons. The predicted molar refractivity (Wildman–Crippen MR) is 88.4 cm³/mol. The molecular weight excluding hydrogens is 295 g/mol. The van der Waals surface area contributed by atoms with Gasteiger partial charge < -0.3 is 11.1 Å². The van der Waals surface area contributed by atoms with Crippen LogP contribution < -0.4 is 11.1 Å². The summed E-state index contributed by atoms with van der Waals surface area (Å²) >= 11 is 0. The van der Waals surface area contributed by atoms with E-state index >= 15 is 0 Å². The Morgan fingerprint density at radius 1 is 1.26 bits per heavy atom. The summed E-state index contributed by atoms with van der Waals surface area (Å²) in [4.78, 5) is 19.4. The van der Waals surface area contributed by atoms with E-state index < -0.39 is 5.82 Å². The molecule has 0 aliphatic rings. The molecule has 0 bridgehead atoms. The summed E-state index contributed by atoms with van der Waals surface area (Å²) in [6, 6.07) is 8.83. The molecule has 23 heavy (non-hydrogen) atoms. The molecule has 0 radical (unpaired) electrons. The van der Waals surface area contributed by atoms with Crippen LogP contribution in [0, 0.1) is 12.7 Å². The lowest BCUT2D eigenvalue weighted by Crippen LogP contribution is -2.08. The molecule has 0 atom stereocenters. The normalized spacial score (nSPS) is 10.7. The highest BCUT2D eigenvalue weighted by Crippen LogP contribution is 2.32. The highest BCUT2D eigenvalue weighted by molar-refractivity contribution is 5.97. The van der Waals surface area contributed by atoms with Crippen LogP contribution in [0.25, 0.3) is 22.0 Å². The molecule has 1 aromatic carbocycles. The molecule has 0 aliphatic carbocycles. The number of pyridine rings is 2. The molecule has 0 fully saturated rings. The number of halogens is 1. The van der Waals surface area contributed by atoms with Crippen LogP contribution in [0.4, 0.5) is 16.0 Å². The summed E-state index contributed by atoms with van der Waals surface area (Å²) in [6.45, 7) is 3.24. The standard InChI is InChI=1S/C17H15FN4O/c1-9-5-3-4-6-11(9)16-15(18)12-7-14(21-10(2)23)20-8-13(12)17(19)22-16/h3-8H,1-2H3,(H2,19,22)(H,20,21,23). The Balaban J connectivity index is 2.27. The molecule has 1 amide bonds. The SMILES string of the molecule is CC(=O)Nc1cc2c(F)c(-c3ccccc3C)nc(N)c2cn1. The smallest absolute Gasteiger partial charge is 0.222 e. The fourth-order valence-electron chi connectivity index (χ4n) is 2.46. The van der Waals surface area contributed by atoms with Crippen molar-refractivity contribution in [1.29, 1.82) is 0 Å². The van der Waals surface area contributed by atoms with Crippen molar-refractivity contribution in [1.82, 2.24) is 9.97 Å². The van der Waals surface area contributed by atoms with Crippen LogP contribution in [0.1, 0.15) is 12.5 Å².